The molecule has 4 heteroatoms. The number of pyridine rings is 1. The Morgan fingerprint density at radius 1 is 1.17 bits per heavy atom. The summed E-state index contributed by atoms with van der Waals surface area (Å²) in [6.07, 6.45) is 5.46. The number of nitrogens with zero attached hydrogens (tertiary/aromatic N) is 2. The van der Waals surface area contributed by atoms with E-state index in [0.29, 0.717) is 6.54 Å². The summed E-state index contributed by atoms with van der Waals surface area (Å²) in [4.78, 5) is 31.6. The first-order valence-electron chi connectivity index (χ1n) is 8.50. The molecular formula is C19H28N2O2. The third-order valence-electron chi connectivity index (χ3n) is 4.66. The van der Waals surface area contributed by atoms with Crippen molar-refractivity contribution in [2.24, 2.45) is 17.3 Å². The van der Waals surface area contributed by atoms with E-state index in [1.165, 1.54) is 0 Å². The fraction of sp³-hybridized carbons (Fsp3) is 0.632. The molecular weight excluding hydrogens is 288 g/mol. The van der Waals surface area contributed by atoms with Gasteiger partial charge in [-0.1, -0.05) is 39.7 Å². The summed E-state index contributed by atoms with van der Waals surface area (Å²) in [6.45, 7) is 6.34. The van der Waals surface area contributed by atoms with E-state index in [0.717, 1.165) is 31.4 Å². The summed E-state index contributed by atoms with van der Waals surface area (Å²) in [5, 5.41) is 0. The lowest BCUT2D eigenvalue weighted by Gasteiger charge is -2.35. The van der Waals surface area contributed by atoms with Gasteiger partial charge in [0.25, 0.3) is 0 Å². The number of Topliss-reactive ketones (excluding diaryl/α,β-unsaturated/α-hetero) is 1. The topological polar surface area (TPSA) is 50.3 Å². The van der Waals surface area contributed by atoms with Crippen molar-refractivity contribution in [3.05, 3.63) is 30.1 Å². The molecule has 1 heterocycles. The molecule has 2 rings (SSSR count). The van der Waals surface area contributed by atoms with Crippen molar-refractivity contribution in [2.45, 2.75) is 53.0 Å². The molecule has 2 atom stereocenters. The molecule has 126 valence electrons. The Morgan fingerprint density at radius 2 is 1.83 bits per heavy atom. The lowest BCUT2D eigenvalue weighted by molar-refractivity contribution is -0.145. The Kier molecular flexibility index (Phi) is 5.55. The third kappa shape index (κ3) is 4.40. The van der Waals surface area contributed by atoms with Crippen molar-refractivity contribution in [3.63, 3.8) is 0 Å². The van der Waals surface area contributed by atoms with Crippen LogP contribution in [0, 0.1) is 17.3 Å². The van der Waals surface area contributed by atoms with Crippen LogP contribution >= 0.6 is 0 Å². The van der Waals surface area contributed by atoms with Crippen LogP contribution in [-0.4, -0.2) is 28.6 Å². The molecule has 1 aliphatic rings. The van der Waals surface area contributed by atoms with Crippen molar-refractivity contribution < 1.29 is 9.59 Å². The first-order valence-corrected chi connectivity index (χ1v) is 8.50. The van der Waals surface area contributed by atoms with E-state index < -0.39 is 0 Å². The van der Waals surface area contributed by atoms with Crippen molar-refractivity contribution in [2.75, 3.05) is 7.05 Å². The van der Waals surface area contributed by atoms with E-state index in [2.05, 4.69) is 4.98 Å². The Hall–Kier alpha value is -1.71. The smallest absolute Gasteiger partial charge is 0.226 e. The summed E-state index contributed by atoms with van der Waals surface area (Å²) in [7, 11) is 1.81. The molecule has 0 aliphatic heterocycles. The van der Waals surface area contributed by atoms with Crippen LogP contribution in [0.4, 0.5) is 0 Å². The number of rotatable bonds is 4. The molecule has 0 saturated heterocycles. The molecule has 1 amide bonds. The van der Waals surface area contributed by atoms with Gasteiger partial charge in [-0.3, -0.25) is 14.6 Å². The molecule has 1 saturated carbocycles. The predicted molar refractivity (Wildman–Crippen MR) is 90.6 cm³/mol. The highest BCUT2D eigenvalue weighted by Gasteiger charge is 2.40. The maximum atomic E-state index is 12.9. The van der Waals surface area contributed by atoms with Crippen molar-refractivity contribution >= 4 is 11.7 Å². The lowest BCUT2D eigenvalue weighted by Crippen LogP contribution is -2.43. The fourth-order valence-electron chi connectivity index (χ4n) is 3.39. The van der Waals surface area contributed by atoms with Crippen molar-refractivity contribution in [1.82, 2.24) is 9.88 Å². The highest BCUT2D eigenvalue weighted by molar-refractivity contribution is 5.91. The number of carbonyl (C=O) groups excluding carboxylic acids is 2. The molecule has 1 aliphatic carbocycles. The second-order valence-electron chi connectivity index (χ2n) is 7.63. The zero-order valence-corrected chi connectivity index (χ0v) is 14.7. The van der Waals surface area contributed by atoms with Crippen molar-refractivity contribution in [1.29, 1.82) is 0 Å². The standard InChI is InChI=1S/C19H28N2O2/c1-19(2,3)17(22)15-10-5-6-11-16(15)18(23)21(4)13-14-9-7-8-12-20-14/h7-9,12,15-16H,5-6,10-11,13H2,1-4H3/t15-,16+/m0/s1. The molecule has 1 fully saturated rings. The van der Waals surface area contributed by atoms with Gasteiger partial charge in [0, 0.05) is 30.5 Å². The van der Waals surface area contributed by atoms with Gasteiger partial charge in [-0.15, -0.1) is 0 Å². The summed E-state index contributed by atoms with van der Waals surface area (Å²) >= 11 is 0. The minimum absolute atomic E-state index is 0.0814. The van der Waals surface area contributed by atoms with E-state index in [9.17, 15) is 9.59 Å². The van der Waals surface area contributed by atoms with E-state index in [1.54, 1.807) is 11.1 Å². The minimum Gasteiger partial charge on any atom is -0.340 e. The first kappa shape index (κ1) is 17.6. The van der Waals surface area contributed by atoms with Crippen LogP contribution in [0.5, 0.6) is 0 Å². The van der Waals surface area contributed by atoms with Gasteiger partial charge in [0.05, 0.1) is 12.2 Å². The number of amides is 1. The molecule has 0 aromatic carbocycles. The molecule has 0 unspecified atom stereocenters. The molecule has 1 aromatic rings. The number of aromatic nitrogens is 1. The molecule has 0 N–H and O–H groups in total. The van der Waals surface area contributed by atoms with E-state index in [-0.39, 0.29) is 28.9 Å². The van der Waals surface area contributed by atoms with Crippen LogP contribution < -0.4 is 0 Å². The largest absolute Gasteiger partial charge is 0.340 e. The summed E-state index contributed by atoms with van der Waals surface area (Å²) in [5.74, 6) is -0.00800. The third-order valence-corrected chi connectivity index (χ3v) is 4.66. The van der Waals surface area contributed by atoms with Crippen LogP contribution in [0.25, 0.3) is 0 Å². The predicted octanol–water partition coefficient (Wildman–Crippen LogP) is 3.46. The monoisotopic (exact) mass is 316 g/mol. The summed E-state index contributed by atoms with van der Waals surface area (Å²) < 4.78 is 0. The number of hydrogen-bond acceptors (Lipinski definition) is 3. The maximum Gasteiger partial charge on any atom is 0.226 e. The zero-order valence-electron chi connectivity index (χ0n) is 14.7. The second-order valence-corrected chi connectivity index (χ2v) is 7.63. The van der Waals surface area contributed by atoms with Crippen LogP contribution in [0.15, 0.2) is 24.4 Å². The van der Waals surface area contributed by atoms with Gasteiger partial charge in [-0.2, -0.15) is 0 Å². The van der Waals surface area contributed by atoms with Gasteiger partial charge in [-0.25, -0.2) is 0 Å². The molecule has 1 aromatic heterocycles. The highest BCUT2D eigenvalue weighted by atomic mass is 16.2. The SMILES string of the molecule is CN(Cc1ccccn1)C(=O)[C@@H]1CCCC[C@@H]1C(=O)C(C)(C)C. The van der Waals surface area contributed by atoms with Crippen LogP contribution in [-0.2, 0) is 16.1 Å². The highest BCUT2D eigenvalue weighted by Crippen LogP contribution is 2.36. The van der Waals surface area contributed by atoms with Gasteiger partial charge in [-0.05, 0) is 25.0 Å². The number of carbonyl (C=O) groups is 2. The normalized spacial score (nSPS) is 21.7. The van der Waals surface area contributed by atoms with Crippen LogP contribution in [0.3, 0.4) is 0 Å². The van der Waals surface area contributed by atoms with Gasteiger partial charge in [0.2, 0.25) is 5.91 Å². The van der Waals surface area contributed by atoms with Crippen LogP contribution in [0.2, 0.25) is 0 Å². The van der Waals surface area contributed by atoms with Gasteiger partial charge < -0.3 is 4.90 Å². The number of ketones is 1. The fourth-order valence-corrected chi connectivity index (χ4v) is 3.39. The summed E-state index contributed by atoms with van der Waals surface area (Å²) in [5.41, 5.74) is 0.484. The van der Waals surface area contributed by atoms with Gasteiger partial charge >= 0.3 is 0 Å². The van der Waals surface area contributed by atoms with Gasteiger partial charge in [0.1, 0.15) is 5.78 Å². The average molecular weight is 316 g/mol. The Labute approximate surface area is 139 Å². The quantitative estimate of drug-likeness (QED) is 0.854. The van der Waals surface area contributed by atoms with Crippen LogP contribution in [0.1, 0.15) is 52.1 Å². The molecule has 0 bridgehead atoms. The molecule has 0 spiro atoms. The maximum absolute atomic E-state index is 12.9. The van der Waals surface area contributed by atoms with Crippen molar-refractivity contribution in [3.8, 4) is 0 Å². The van der Waals surface area contributed by atoms with Gasteiger partial charge in [0.15, 0.2) is 0 Å². The first-order chi connectivity index (χ1) is 10.8. The minimum atomic E-state index is -0.389. The lowest BCUT2D eigenvalue weighted by atomic mass is 9.70. The van der Waals surface area contributed by atoms with E-state index >= 15 is 0 Å². The molecule has 0 radical (unpaired) electrons. The summed E-state index contributed by atoms with van der Waals surface area (Å²) in [6, 6.07) is 5.71. The second kappa shape index (κ2) is 7.24. The number of hydrogen-bond donors (Lipinski definition) is 0. The Bertz CT molecular complexity index is 548. The Morgan fingerprint density at radius 3 is 2.39 bits per heavy atom. The van der Waals surface area contributed by atoms with E-state index in [4.69, 9.17) is 0 Å². The average Bonchev–Trinajstić information content (AvgIpc) is 2.53. The van der Waals surface area contributed by atoms with E-state index in [1.807, 2.05) is 46.0 Å². The molecule has 23 heavy (non-hydrogen) atoms. The molecule has 4 nitrogen and oxygen atoms in total. The Balaban J connectivity index is 2.10. The zero-order chi connectivity index (χ0) is 17.0.